The van der Waals surface area contributed by atoms with Crippen molar-refractivity contribution in [3.63, 3.8) is 0 Å². The molecule has 0 radical (unpaired) electrons. The topological polar surface area (TPSA) is 75.9 Å². The van der Waals surface area contributed by atoms with Crippen LogP contribution in [0.25, 0.3) is 0 Å². The Morgan fingerprint density at radius 3 is 2.80 bits per heavy atom. The van der Waals surface area contributed by atoms with Gasteiger partial charge in [-0.3, -0.25) is 9.48 Å². The van der Waals surface area contributed by atoms with Crippen molar-refractivity contribution in [1.29, 1.82) is 0 Å². The number of aromatic nitrogens is 4. The smallest absolute Gasteiger partial charge is 0.269 e. The lowest BCUT2D eigenvalue weighted by molar-refractivity contribution is 0.0936. The molecule has 7 nitrogen and oxygen atoms in total. The summed E-state index contributed by atoms with van der Waals surface area (Å²) < 4.78 is 1.66. The number of nitrogens with one attached hydrogen (secondary N) is 1. The number of anilines is 1. The molecule has 1 amide bonds. The first-order valence-electron chi connectivity index (χ1n) is 8.88. The minimum atomic E-state index is -0.0602. The number of nitrogens with zero attached hydrogens (tertiary/aromatic N) is 5. The molecule has 0 aromatic carbocycles. The Morgan fingerprint density at radius 2 is 2.12 bits per heavy atom. The molecular weight excluding hydrogens is 316 g/mol. The molecule has 1 aliphatic heterocycles. The van der Waals surface area contributed by atoms with Gasteiger partial charge in [0.15, 0.2) is 0 Å². The average molecular weight is 342 g/mol. The standard InChI is InChI=1S/C18H26N6O/c1-13(2)15-10-16(23(3)22-15)17(25)21-11-14-6-4-9-24(12-14)18-19-7-5-8-20-18/h5,7-8,10,13-14H,4,6,9,11-12H2,1-3H3,(H,21,25)/t14-/m0/s1. The molecule has 3 heterocycles. The summed E-state index contributed by atoms with van der Waals surface area (Å²) in [5, 5.41) is 7.48. The molecule has 25 heavy (non-hydrogen) atoms. The first-order chi connectivity index (χ1) is 12.0. The van der Waals surface area contributed by atoms with E-state index in [1.54, 1.807) is 17.1 Å². The number of carbonyl (C=O) groups is 1. The molecule has 0 spiro atoms. The van der Waals surface area contributed by atoms with Gasteiger partial charge in [0.2, 0.25) is 5.95 Å². The van der Waals surface area contributed by atoms with Crippen molar-refractivity contribution in [2.75, 3.05) is 24.5 Å². The molecule has 134 valence electrons. The average Bonchev–Trinajstić information content (AvgIpc) is 3.03. The lowest BCUT2D eigenvalue weighted by atomic mass is 9.98. The summed E-state index contributed by atoms with van der Waals surface area (Å²) in [4.78, 5) is 23.3. The first-order valence-corrected chi connectivity index (χ1v) is 8.88. The van der Waals surface area contributed by atoms with Gasteiger partial charge in [-0.1, -0.05) is 13.8 Å². The fourth-order valence-corrected chi connectivity index (χ4v) is 3.18. The van der Waals surface area contributed by atoms with E-state index in [1.807, 2.05) is 19.2 Å². The zero-order valence-electron chi connectivity index (χ0n) is 15.1. The van der Waals surface area contributed by atoms with Gasteiger partial charge < -0.3 is 10.2 Å². The van der Waals surface area contributed by atoms with Gasteiger partial charge in [0.25, 0.3) is 5.91 Å². The summed E-state index contributed by atoms with van der Waals surface area (Å²) >= 11 is 0. The van der Waals surface area contributed by atoms with Crippen LogP contribution >= 0.6 is 0 Å². The number of carbonyl (C=O) groups excluding carboxylic acids is 1. The van der Waals surface area contributed by atoms with Crippen LogP contribution in [0.2, 0.25) is 0 Å². The Balaban J connectivity index is 1.57. The Labute approximate surface area is 148 Å². The number of aryl methyl sites for hydroxylation is 1. The van der Waals surface area contributed by atoms with Gasteiger partial charge in [-0.2, -0.15) is 5.10 Å². The molecule has 0 unspecified atom stereocenters. The van der Waals surface area contributed by atoms with Crippen LogP contribution in [-0.2, 0) is 7.05 Å². The quantitative estimate of drug-likeness (QED) is 0.899. The van der Waals surface area contributed by atoms with Gasteiger partial charge in [0.05, 0.1) is 5.69 Å². The van der Waals surface area contributed by atoms with Gasteiger partial charge in [0, 0.05) is 39.1 Å². The fourth-order valence-electron chi connectivity index (χ4n) is 3.18. The summed E-state index contributed by atoms with van der Waals surface area (Å²) in [5.74, 6) is 1.42. The Bertz CT molecular complexity index is 712. The van der Waals surface area contributed by atoms with Gasteiger partial charge in [-0.05, 0) is 36.8 Å². The molecule has 0 bridgehead atoms. The fraction of sp³-hybridized carbons (Fsp3) is 0.556. The molecule has 1 aliphatic rings. The molecule has 2 aromatic heterocycles. The zero-order chi connectivity index (χ0) is 17.8. The van der Waals surface area contributed by atoms with Crippen LogP contribution in [0.3, 0.4) is 0 Å². The highest BCUT2D eigenvalue weighted by Gasteiger charge is 2.23. The van der Waals surface area contributed by atoms with Crippen molar-refractivity contribution >= 4 is 11.9 Å². The first kappa shape index (κ1) is 17.4. The SMILES string of the molecule is CC(C)c1cc(C(=O)NC[C@@H]2CCCN(c3ncccn3)C2)n(C)n1. The van der Waals surface area contributed by atoms with Crippen molar-refractivity contribution in [1.82, 2.24) is 25.1 Å². The number of piperidine rings is 1. The van der Waals surface area contributed by atoms with Crippen molar-refractivity contribution in [3.05, 3.63) is 35.9 Å². The molecule has 1 fully saturated rings. The van der Waals surface area contributed by atoms with Gasteiger partial charge in [-0.25, -0.2) is 9.97 Å². The summed E-state index contributed by atoms with van der Waals surface area (Å²) in [6.45, 7) is 6.64. The van der Waals surface area contributed by atoms with E-state index in [2.05, 4.69) is 39.1 Å². The summed E-state index contributed by atoms with van der Waals surface area (Å²) in [6.07, 6.45) is 5.72. The maximum Gasteiger partial charge on any atom is 0.269 e. The maximum absolute atomic E-state index is 12.5. The second-order valence-electron chi connectivity index (χ2n) is 6.95. The van der Waals surface area contributed by atoms with Gasteiger partial charge in [-0.15, -0.1) is 0 Å². The summed E-state index contributed by atoms with van der Waals surface area (Å²) in [5.41, 5.74) is 1.56. The molecular formula is C18H26N6O. The van der Waals surface area contributed by atoms with E-state index < -0.39 is 0 Å². The third-order valence-electron chi connectivity index (χ3n) is 4.63. The second-order valence-corrected chi connectivity index (χ2v) is 6.95. The lowest BCUT2D eigenvalue weighted by Crippen LogP contribution is -2.41. The van der Waals surface area contributed by atoms with Crippen molar-refractivity contribution in [3.8, 4) is 0 Å². The summed E-state index contributed by atoms with van der Waals surface area (Å²) in [6, 6.07) is 3.70. The largest absolute Gasteiger partial charge is 0.350 e. The van der Waals surface area contributed by atoms with Crippen molar-refractivity contribution < 1.29 is 4.79 Å². The highest BCUT2D eigenvalue weighted by molar-refractivity contribution is 5.92. The van der Waals surface area contributed by atoms with Gasteiger partial charge in [0.1, 0.15) is 5.69 Å². The minimum Gasteiger partial charge on any atom is -0.350 e. The Kier molecular flexibility index (Phi) is 5.31. The summed E-state index contributed by atoms with van der Waals surface area (Å²) in [7, 11) is 1.82. The van der Waals surface area contributed by atoms with Crippen LogP contribution in [-0.4, -0.2) is 45.3 Å². The molecule has 0 aliphatic carbocycles. The van der Waals surface area contributed by atoms with Crippen LogP contribution < -0.4 is 10.2 Å². The van der Waals surface area contributed by atoms with Crippen molar-refractivity contribution in [2.24, 2.45) is 13.0 Å². The number of rotatable bonds is 5. The molecule has 3 rings (SSSR count). The molecule has 7 heteroatoms. The Hall–Kier alpha value is -2.44. The third-order valence-corrected chi connectivity index (χ3v) is 4.63. The molecule has 1 saturated heterocycles. The lowest BCUT2D eigenvalue weighted by Gasteiger charge is -2.32. The van der Waals surface area contributed by atoms with Gasteiger partial charge >= 0.3 is 0 Å². The van der Waals surface area contributed by atoms with E-state index in [0.29, 0.717) is 24.1 Å². The van der Waals surface area contributed by atoms with E-state index in [1.165, 1.54) is 0 Å². The van der Waals surface area contributed by atoms with Crippen LogP contribution in [0.5, 0.6) is 0 Å². The molecule has 0 saturated carbocycles. The predicted molar refractivity (Wildman–Crippen MR) is 96.6 cm³/mol. The monoisotopic (exact) mass is 342 g/mol. The normalized spacial score (nSPS) is 17.8. The van der Waals surface area contributed by atoms with Crippen LogP contribution in [0.4, 0.5) is 5.95 Å². The molecule has 1 N–H and O–H groups in total. The number of hydrogen-bond acceptors (Lipinski definition) is 5. The maximum atomic E-state index is 12.5. The second kappa shape index (κ2) is 7.63. The minimum absolute atomic E-state index is 0.0602. The van der Waals surface area contributed by atoms with Crippen LogP contribution in [0.15, 0.2) is 24.5 Å². The molecule has 1 atom stereocenters. The van der Waals surface area contributed by atoms with E-state index in [4.69, 9.17) is 0 Å². The number of amides is 1. The van der Waals surface area contributed by atoms with E-state index >= 15 is 0 Å². The van der Waals surface area contributed by atoms with E-state index in [9.17, 15) is 4.79 Å². The molecule has 2 aromatic rings. The highest BCUT2D eigenvalue weighted by Crippen LogP contribution is 2.19. The van der Waals surface area contributed by atoms with E-state index in [-0.39, 0.29) is 5.91 Å². The van der Waals surface area contributed by atoms with Crippen LogP contribution in [0, 0.1) is 5.92 Å². The zero-order valence-corrected chi connectivity index (χ0v) is 15.1. The Morgan fingerprint density at radius 1 is 1.36 bits per heavy atom. The highest BCUT2D eigenvalue weighted by atomic mass is 16.2. The predicted octanol–water partition coefficient (Wildman–Crippen LogP) is 1.98. The van der Waals surface area contributed by atoms with E-state index in [0.717, 1.165) is 37.6 Å². The number of hydrogen-bond donors (Lipinski definition) is 1. The third kappa shape index (κ3) is 4.15. The van der Waals surface area contributed by atoms with Crippen LogP contribution in [0.1, 0.15) is 48.8 Å². The van der Waals surface area contributed by atoms with Crippen molar-refractivity contribution in [2.45, 2.75) is 32.6 Å².